The molecule has 1 nitrogen and oxygen atoms in total. The molecule has 0 aliphatic heterocycles. The molecule has 1 atom stereocenters. The molecule has 1 radical (unpaired) electrons. The first kappa shape index (κ1) is 17.7. The molecule has 0 aromatic carbocycles. The Hall–Kier alpha value is -0.265. The molecule has 2 heteroatoms. The van der Waals surface area contributed by atoms with E-state index in [1.807, 2.05) is 7.28 Å². The van der Waals surface area contributed by atoms with Crippen molar-refractivity contribution in [2.24, 2.45) is 22.2 Å². The molecule has 1 unspecified atom stereocenters. The monoisotopic (exact) mass is 251 g/mol. The Balaban J connectivity index is 4.73. The van der Waals surface area contributed by atoms with E-state index in [-0.39, 0.29) is 22.2 Å². The fourth-order valence-electron chi connectivity index (χ4n) is 1.99. The maximum absolute atomic E-state index is 12.5. The summed E-state index contributed by atoms with van der Waals surface area (Å²) in [5.41, 5.74) is 0.759. The lowest BCUT2D eigenvalue weighted by molar-refractivity contribution is -0.119. The summed E-state index contributed by atoms with van der Waals surface area (Å²) in [5, 5.41) is 0. The Bertz CT molecular complexity index is 273. The van der Waals surface area contributed by atoms with E-state index in [9.17, 15) is 4.79 Å². The predicted molar refractivity (Wildman–Crippen MR) is 82.0 cm³/mol. The summed E-state index contributed by atoms with van der Waals surface area (Å²) in [7, 11) is 1.92. The first-order valence-corrected chi connectivity index (χ1v) is 7.09. The van der Waals surface area contributed by atoms with Gasteiger partial charge in [0.15, 0.2) is 0 Å². The standard InChI is InChI=1S/C16H32BO/c1-14(2,3)10-12(16(7,8)9)13(18)17-11-15(4,5)6/h12H,10-11H2,1-9H3. The maximum atomic E-state index is 12.5. The molecule has 0 aromatic heterocycles. The van der Waals surface area contributed by atoms with Crippen LogP contribution < -0.4 is 0 Å². The van der Waals surface area contributed by atoms with Gasteiger partial charge in [-0.3, -0.25) is 0 Å². The number of hydrogen-bond acceptors (Lipinski definition) is 1. The lowest BCUT2D eigenvalue weighted by Crippen LogP contribution is -2.36. The summed E-state index contributed by atoms with van der Waals surface area (Å²) in [6.45, 7) is 19.7. The third-order valence-corrected chi connectivity index (χ3v) is 3.12. The Labute approximate surface area is 115 Å². The van der Waals surface area contributed by atoms with Crippen molar-refractivity contribution in [3.8, 4) is 0 Å². The van der Waals surface area contributed by atoms with E-state index in [4.69, 9.17) is 0 Å². The molecule has 105 valence electrons. The number of carbonyl (C=O) groups is 1. The Kier molecular flexibility index (Phi) is 5.71. The molecule has 0 spiro atoms. The van der Waals surface area contributed by atoms with Gasteiger partial charge in [0.05, 0.1) is 5.68 Å². The molecule has 0 aromatic rings. The summed E-state index contributed by atoms with van der Waals surface area (Å²) in [6, 6.07) is 0. The molecule has 18 heavy (non-hydrogen) atoms. The fraction of sp³-hybridized carbons (Fsp3) is 0.938. The van der Waals surface area contributed by atoms with Gasteiger partial charge in [0.2, 0.25) is 7.28 Å². The molecular formula is C16H32BO. The zero-order valence-corrected chi connectivity index (χ0v) is 14.0. The van der Waals surface area contributed by atoms with E-state index in [1.54, 1.807) is 0 Å². The van der Waals surface area contributed by atoms with Gasteiger partial charge < -0.3 is 4.79 Å². The van der Waals surface area contributed by atoms with Crippen LogP contribution in [-0.4, -0.2) is 13.0 Å². The van der Waals surface area contributed by atoms with Gasteiger partial charge in [-0.15, -0.1) is 0 Å². The first-order valence-electron chi connectivity index (χ1n) is 7.09. The van der Waals surface area contributed by atoms with Gasteiger partial charge in [-0.2, -0.15) is 0 Å². The van der Waals surface area contributed by atoms with Crippen molar-refractivity contribution >= 4 is 13.0 Å². The molecule has 0 heterocycles. The summed E-state index contributed by atoms with van der Waals surface area (Å²) >= 11 is 0. The minimum Gasteiger partial charge on any atom is -0.312 e. The van der Waals surface area contributed by atoms with Crippen LogP contribution in [-0.2, 0) is 4.79 Å². The van der Waals surface area contributed by atoms with Crippen LogP contribution in [0.2, 0.25) is 6.32 Å². The van der Waals surface area contributed by atoms with E-state index in [0.29, 0.717) is 5.68 Å². The molecular weight excluding hydrogens is 219 g/mol. The van der Waals surface area contributed by atoms with Crippen molar-refractivity contribution in [2.45, 2.75) is 75.1 Å². The fourth-order valence-corrected chi connectivity index (χ4v) is 1.99. The molecule has 0 amide bonds. The summed E-state index contributed by atoms with van der Waals surface area (Å²) in [4.78, 5) is 12.5. The average molecular weight is 251 g/mol. The molecule has 0 saturated heterocycles. The topological polar surface area (TPSA) is 17.1 Å². The normalized spacial score (nSPS) is 15.4. The highest BCUT2D eigenvalue weighted by atomic mass is 16.1. The minimum absolute atomic E-state index is 0.0404. The average Bonchev–Trinajstić information content (AvgIpc) is 2.06. The second-order valence-electron chi connectivity index (χ2n) is 9.05. The Morgan fingerprint density at radius 1 is 0.889 bits per heavy atom. The van der Waals surface area contributed by atoms with Crippen LogP contribution in [0.1, 0.15) is 68.7 Å². The zero-order chi connectivity index (χ0) is 14.8. The first-order chi connectivity index (χ1) is 7.72. The van der Waals surface area contributed by atoms with E-state index in [2.05, 4.69) is 62.3 Å². The van der Waals surface area contributed by atoms with Crippen LogP contribution in [0.25, 0.3) is 0 Å². The Morgan fingerprint density at radius 2 is 1.33 bits per heavy atom. The van der Waals surface area contributed by atoms with E-state index in [0.717, 1.165) is 12.7 Å². The SMILES string of the molecule is CC(C)(C)C[B]C(=O)C(CC(C)(C)C)C(C)(C)C. The van der Waals surface area contributed by atoms with Crippen LogP contribution in [0, 0.1) is 22.2 Å². The molecule has 0 saturated carbocycles. The van der Waals surface area contributed by atoms with Crippen molar-refractivity contribution in [2.75, 3.05) is 0 Å². The minimum atomic E-state index is 0.0404. The van der Waals surface area contributed by atoms with Gasteiger partial charge in [-0.05, 0) is 22.7 Å². The number of rotatable bonds is 4. The second kappa shape index (κ2) is 5.80. The van der Waals surface area contributed by atoms with Crippen molar-refractivity contribution in [1.29, 1.82) is 0 Å². The van der Waals surface area contributed by atoms with Crippen molar-refractivity contribution in [3.05, 3.63) is 0 Å². The van der Waals surface area contributed by atoms with Crippen LogP contribution in [0.3, 0.4) is 0 Å². The molecule has 0 aliphatic rings. The molecule has 0 aliphatic carbocycles. The lowest BCUT2D eigenvalue weighted by atomic mass is 9.54. The second-order valence-corrected chi connectivity index (χ2v) is 9.05. The zero-order valence-electron chi connectivity index (χ0n) is 14.0. The highest BCUT2D eigenvalue weighted by molar-refractivity contribution is 6.74. The van der Waals surface area contributed by atoms with Crippen LogP contribution in [0.5, 0.6) is 0 Å². The highest BCUT2D eigenvalue weighted by Crippen LogP contribution is 2.36. The molecule has 0 fully saturated rings. The molecule has 0 bridgehead atoms. The van der Waals surface area contributed by atoms with Gasteiger partial charge in [0, 0.05) is 5.92 Å². The maximum Gasteiger partial charge on any atom is 0.203 e. The van der Waals surface area contributed by atoms with Crippen LogP contribution in [0.4, 0.5) is 0 Å². The van der Waals surface area contributed by atoms with Gasteiger partial charge in [0.25, 0.3) is 0 Å². The van der Waals surface area contributed by atoms with Gasteiger partial charge in [-0.25, -0.2) is 0 Å². The smallest absolute Gasteiger partial charge is 0.203 e. The van der Waals surface area contributed by atoms with Crippen molar-refractivity contribution < 1.29 is 4.79 Å². The van der Waals surface area contributed by atoms with Crippen LogP contribution in [0.15, 0.2) is 0 Å². The predicted octanol–water partition coefficient (Wildman–Crippen LogP) is 4.78. The number of carbonyl (C=O) groups excluding carboxylic acids is 1. The van der Waals surface area contributed by atoms with E-state index < -0.39 is 0 Å². The molecule has 0 N–H and O–H groups in total. The Morgan fingerprint density at radius 3 is 1.61 bits per heavy atom. The molecule has 0 rings (SSSR count). The van der Waals surface area contributed by atoms with E-state index in [1.165, 1.54) is 0 Å². The third kappa shape index (κ3) is 7.95. The summed E-state index contributed by atoms with van der Waals surface area (Å²) < 4.78 is 0. The third-order valence-electron chi connectivity index (χ3n) is 3.12. The quantitative estimate of drug-likeness (QED) is 0.657. The van der Waals surface area contributed by atoms with Crippen molar-refractivity contribution in [1.82, 2.24) is 0 Å². The largest absolute Gasteiger partial charge is 0.312 e. The summed E-state index contributed by atoms with van der Waals surface area (Å²) in [6.07, 6.45) is 1.82. The van der Waals surface area contributed by atoms with Crippen LogP contribution >= 0.6 is 0 Å². The lowest BCUT2D eigenvalue weighted by Gasteiger charge is -2.35. The van der Waals surface area contributed by atoms with Crippen molar-refractivity contribution in [3.63, 3.8) is 0 Å². The highest BCUT2D eigenvalue weighted by Gasteiger charge is 2.34. The van der Waals surface area contributed by atoms with Gasteiger partial charge in [-0.1, -0.05) is 68.6 Å². The van der Waals surface area contributed by atoms with E-state index >= 15 is 0 Å². The summed E-state index contributed by atoms with van der Waals surface area (Å²) in [5.74, 6) is 0.125. The van der Waals surface area contributed by atoms with Gasteiger partial charge >= 0.3 is 0 Å². The number of hydrogen-bond donors (Lipinski definition) is 0. The van der Waals surface area contributed by atoms with Gasteiger partial charge in [0.1, 0.15) is 0 Å².